The van der Waals surface area contributed by atoms with Gasteiger partial charge in [0.25, 0.3) is 0 Å². The first-order chi connectivity index (χ1) is 9.76. The van der Waals surface area contributed by atoms with Gasteiger partial charge >= 0.3 is 0 Å². The molecule has 102 valence electrons. The van der Waals surface area contributed by atoms with Crippen LogP contribution in [0.5, 0.6) is 5.75 Å². The van der Waals surface area contributed by atoms with Gasteiger partial charge in [0.15, 0.2) is 5.82 Å². The Morgan fingerprint density at radius 3 is 2.65 bits per heavy atom. The molecule has 0 fully saturated rings. The van der Waals surface area contributed by atoms with Gasteiger partial charge in [0.1, 0.15) is 5.75 Å². The molecule has 0 unspecified atom stereocenters. The number of methoxy groups -OCH3 is 1. The van der Waals surface area contributed by atoms with Crippen molar-refractivity contribution in [3.63, 3.8) is 0 Å². The highest BCUT2D eigenvalue weighted by atomic mass is 16.5. The maximum atomic E-state index is 8.59. The number of nitriles is 1. The topological polar surface area (TPSA) is 62.0 Å². The summed E-state index contributed by atoms with van der Waals surface area (Å²) >= 11 is 0. The molecule has 5 nitrogen and oxygen atoms in total. The van der Waals surface area contributed by atoms with Gasteiger partial charge in [0, 0.05) is 19.2 Å². The van der Waals surface area contributed by atoms with Crippen molar-refractivity contribution < 1.29 is 4.74 Å². The first-order valence-corrected chi connectivity index (χ1v) is 6.31. The molecule has 0 spiro atoms. The van der Waals surface area contributed by atoms with Crippen LogP contribution in [0, 0.1) is 11.3 Å². The highest BCUT2D eigenvalue weighted by Crippen LogP contribution is 2.27. The Morgan fingerprint density at radius 2 is 2.00 bits per heavy atom. The molecular formula is C15H16N4O. The fourth-order valence-corrected chi connectivity index (χ4v) is 1.86. The Morgan fingerprint density at radius 1 is 1.20 bits per heavy atom. The van der Waals surface area contributed by atoms with E-state index >= 15 is 0 Å². The molecule has 0 N–H and O–H groups in total. The van der Waals surface area contributed by atoms with Crippen molar-refractivity contribution in [1.82, 2.24) is 10.2 Å². The molecular weight excluding hydrogens is 252 g/mol. The molecule has 1 heterocycles. The molecule has 1 aromatic carbocycles. The zero-order chi connectivity index (χ0) is 14.4. The van der Waals surface area contributed by atoms with Crippen molar-refractivity contribution in [2.45, 2.75) is 6.42 Å². The van der Waals surface area contributed by atoms with Crippen LogP contribution >= 0.6 is 0 Å². The predicted molar refractivity (Wildman–Crippen MR) is 77.5 cm³/mol. The highest BCUT2D eigenvalue weighted by molar-refractivity contribution is 5.67. The van der Waals surface area contributed by atoms with Crippen LogP contribution in [0.4, 0.5) is 5.82 Å². The van der Waals surface area contributed by atoms with Crippen molar-refractivity contribution in [2.75, 3.05) is 25.6 Å². The van der Waals surface area contributed by atoms with Crippen LogP contribution in [-0.4, -0.2) is 30.9 Å². The normalized spacial score (nSPS) is 9.85. The Bertz CT molecular complexity index is 604. The minimum absolute atomic E-state index is 0.465. The van der Waals surface area contributed by atoms with E-state index in [1.165, 1.54) is 0 Å². The first-order valence-electron chi connectivity index (χ1n) is 6.31. The van der Waals surface area contributed by atoms with Crippen LogP contribution in [0.15, 0.2) is 36.4 Å². The van der Waals surface area contributed by atoms with E-state index in [4.69, 9.17) is 10.00 Å². The van der Waals surface area contributed by atoms with Gasteiger partial charge in [-0.05, 0) is 24.3 Å². The molecule has 0 bridgehead atoms. The summed E-state index contributed by atoms with van der Waals surface area (Å²) in [5.41, 5.74) is 1.67. The van der Waals surface area contributed by atoms with Gasteiger partial charge < -0.3 is 9.64 Å². The summed E-state index contributed by atoms with van der Waals surface area (Å²) in [4.78, 5) is 1.90. The highest BCUT2D eigenvalue weighted by Gasteiger charge is 2.08. The molecule has 5 heteroatoms. The third-order valence-electron chi connectivity index (χ3n) is 2.98. The monoisotopic (exact) mass is 268 g/mol. The van der Waals surface area contributed by atoms with E-state index in [0.29, 0.717) is 13.0 Å². The smallest absolute Gasteiger partial charge is 0.151 e. The molecule has 0 aliphatic rings. The molecule has 20 heavy (non-hydrogen) atoms. The summed E-state index contributed by atoms with van der Waals surface area (Å²) in [6.07, 6.45) is 0.465. The molecule has 0 saturated carbocycles. The second-order valence-corrected chi connectivity index (χ2v) is 4.31. The Hall–Kier alpha value is -2.61. The van der Waals surface area contributed by atoms with E-state index < -0.39 is 0 Å². The second-order valence-electron chi connectivity index (χ2n) is 4.31. The average molecular weight is 268 g/mol. The van der Waals surface area contributed by atoms with Gasteiger partial charge in [-0.3, -0.25) is 0 Å². The summed E-state index contributed by atoms with van der Waals surface area (Å²) in [5.74, 6) is 1.52. The summed E-state index contributed by atoms with van der Waals surface area (Å²) in [7, 11) is 3.53. The maximum Gasteiger partial charge on any atom is 0.151 e. The molecule has 2 rings (SSSR count). The van der Waals surface area contributed by atoms with Crippen LogP contribution < -0.4 is 9.64 Å². The van der Waals surface area contributed by atoms with E-state index in [1.54, 1.807) is 7.11 Å². The Kier molecular flexibility index (Phi) is 4.51. The minimum atomic E-state index is 0.465. The number of hydrogen-bond acceptors (Lipinski definition) is 5. The minimum Gasteiger partial charge on any atom is -0.496 e. The standard InChI is InChI=1S/C15H16N4O/c1-19(11-5-10-16)15-9-8-13(17-18-15)12-6-3-4-7-14(12)20-2/h3-4,6-9H,5,11H2,1-2H3. The molecule has 0 saturated heterocycles. The van der Waals surface area contributed by atoms with E-state index in [1.807, 2.05) is 48.3 Å². The number of benzene rings is 1. The number of ether oxygens (including phenoxy) is 1. The summed E-state index contributed by atoms with van der Waals surface area (Å²) < 4.78 is 5.32. The largest absolute Gasteiger partial charge is 0.496 e. The number of anilines is 1. The third kappa shape index (κ3) is 3.04. The van der Waals surface area contributed by atoms with Crippen molar-refractivity contribution in [1.29, 1.82) is 5.26 Å². The summed E-state index contributed by atoms with van der Waals surface area (Å²) in [5, 5.41) is 17.0. The Balaban J connectivity index is 2.22. The number of nitrogens with zero attached hydrogens (tertiary/aromatic N) is 4. The lowest BCUT2D eigenvalue weighted by molar-refractivity contribution is 0.416. The van der Waals surface area contributed by atoms with Gasteiger partial charge in [-0.15, -0.1) is 10.2 Å². The molecule has 0 aliphatic heterocycles. The lowest BCUT2D eigenvalue weighted by Gasteiger charge is -2.15. The number of para-hydroxylation sites is 1. The fourth-order valence-electron chi connectivity index (χ4n) is 1.86. The lowest BCUT2D eigenvalue weighted by atomic mass is 10.1. The van der Waals surface area contributed by atoms with Crippen LogP contribution in [0.1, 0.15) is 6.42 Å². The first kappa shape index (κ1) is 13.8. The van der Waals surface area contributed by atoms with Crippen LogP contribution in [-0.2, 0) is 0 Å². The van der Waals surface area contributed by atoms with Gasteiger partial charge in [-0.2, -0.15) is 5.26 Å². The number of aromatic nitrogens is 2. The summed E-state index contributed by atoms with van der Waals surface area (Å²) in [6.45, 7) is 0.638. The van der Waals surface area contributed by atoms with Crippen LogP contribution in [0.3, 0.4) is 0 Å². The molecule has 1 aromatic heterocycles. The fraction of sp³-hybridized carbons (Fsp3) is 0.267. The third-order valence-corrected chi connectivity index (χ3v) is 2.98. The van der Waals surface area contributed by atoms with Crippen LogP contribution in [0.2, 0.25) is 0 Å². The molecule has 0 atom stereocenters. The van der Waals surface area contributed by atoms with E-state index in [9.17, 15) is 0 Å². The van der Waals surface area contributed by atoms with Gasteiger partial charge in [-0.1, -0.05) is 12.1 Å². The van der Waals surface area contributed by atoms with Crippen molar-refractivity contribution in [2.24, 2.45) is 0 Å². The Labute approximate surface area is 118 Å². The molecule has 0 radical (unpaired) electrons. The SMILES string of the molecule is COc1ccccc1-c1ccc(N(C)CCC#N)nn1. The van der Waals surface area contributed by atoms with Gasteiger partial charge in [-0.25, -0.2) is 0 Å². The van der Waals surface area contributed by atoms with Gasteiger partial charge in [0.05, 0.1) is 25.3 Å². The molecule has 0 amide bonds. The van der Waals surface area contributed by atoms with E-state index in [-0.39, 0.29) is 0 Å². The van der Waals surface area contributed by atoms with E-state index in [0.717, 1.165) is 22.8 Å². The zero-order valence-corrected chi connectivity index (χ0v) is 11.6. The number of hydrogen-bond donors (Lipinski definition) is 0. The summed E-state index contributed by atoms with van der Waals surface area (Å²) in [6, 6.07) is 13.6. The van der Waals surface area contributed by atoms with Gasteiger partial charge in [0.2, 0.25) is 0 Å². The zero-order valence-electron chi connectivity index (χ0n) is 11.6. The molecule has 0 aliphatic carbocycles. The van der Waals surface area contributed by atoms with E-state index in [2.05, 4.69) is 16.3 Å². The molecule has 2 aromatic rings. The quantitative estimate of drug-likeness (QED) is 0.833. The predicted octanol–water partition coefficient (Wildman–Crippen LogP) is 2.50. The average Bonchev–Trinajstić information content (AvgIpc) is 2.52. The lowest BCUT2D eigenvalue weighted by Crippen LogP contribution is -2.19. The number of rotatable bonds is 5. The maximum absolute atomic E-state index is 8.59. The van der Waals surface area contributed by atoms with Crippen molar-refractivity contribution >= 4 is 5.82 Å². The van der Waals surface area contributed by atoms with Crippen molar-refractivity contribution in [3.05, 3.63) is 36.4 Å². The second kappa shape index (κ2) is 6.53. The van der Waals surface area contributed by atoms with Crippen molar-refractivity contribution in [3.8, 4) is 23.1 Å². The van der Waals surface area contributed by atoms with Crippen LogP contribution in [0.25, 0.3) is 11.3 Å².